The van der Waals surface area contributed by atoms with Crippen molar-refractivity contribution in [3.63, 3.8) is 0 Å². The smallest absolute Gasteiger partial charge is 0.137 e. The van der Waals surface area contributed by atoms with Crippen LogP contribution in [0.1, 0.15) is 40.5 Å². The zero-order valence-corrected chi connectivity index (χ0v) is 19.2. The molecule has 1 N–H and O–H groups in total. The lowest BCUT2D eigenvalue weighted by molar-refractivity contribution is 0.739. The van der Waals surface area contributed by atoms with Crippen molar-refractivity contribution in [3.8, 4) is 0 Å². The highest BCUT2D eigenvalue weighted by molar-refractivity contribution is 6.11. The third kappa shape index (κ3) is 5.63. The largest absolute Gasteiger partial charge is 0.356 e. The van der Waals surface area contributed by atoms with E-state index in [0.717, 1.165) is 54.0 Å². The number of benzene rings is 2. The number of hydrogen-bond acceptors (Lipinski definition) is 5. The minimum atomic E-state index is 0.938. The fraction of sp³-hybridized carbons (Fsp3) is 0.400. The molecule has 0 aliphatic heterocycles. The van der Waals surface area contributed by atoms with Crippen molar-refractivity contribution in [1.82, 2.24) is 10.3 Å². The second kappa shape index (κ2) is 12.0. The summed E-state index contributed by atoms with van der Waals surface area (Å²) in [5, 5.41) is 6.29. The van der Waals surface area contributed by atoms with E-state index < -0.39 is 0 Å². The first-order valence-electron chi connectivity index (χ1n) is 10.8. The van der Waals surface area contributed by atoms with Crippen molar-refractivity contribution in [2.45, 2.75) is 40.5 Å². The molecule has 1 heterocycles. The topological polar surface area (TPSA) is 52.9 Å². The minimum Gasteiger partial charge on any atom is -0.356 e. The van der Waals surface area contributed by atoms with Crippen LogP contribution in [0, 0.1) is 0 Å². The van der Waals surface area contributed by atoms with Crippen molar-refractivity contribution in [1.29, 1.82) is 0 Å². The minimum absolute atomic E-state index is 0.938. The van der Waals surface area contributed by atoms with E-state index >= 15 is 0 Å². The SMILES string of the molecule is CC=Nc1ccc2c(c1)nc(N(CCC)CCC)c1cc(N=CC)ccc12.CNC. The van der Waals surface area contributed by atoms with E-state index in [1.54, 1.807) is 0 Å². The van der Waals surface area contributed by atoms with Crippen LogP contribution in [-0.2, 0) is 0 Å². The van der Waals surface area contributed by atoms with Gasteiger partial charge in [0.1, 0.15) is 5.82 Å². The van der Waals surface area contributed by atoms with Crippen LogP contribution in [0.15, 0.2) is 46.4 Å². The third-order valence-electron chi connectivity index (χ3n) is 4.58. The summed E-state index contributed by atoms with van der Waals surface area (Å²) >= 11 is 0. The predicted molar refractivity (Wildman–Crippen MR) is 135 cm³/mol. The molecular formula is C25H35N5. The van der Waals surface area contributed by atoms with Gasteiger partial charge >= 0.3 is 0 Å². The van der Waals surface area contributed by atoms with E-state index in [1.165, 1.54) is 10.8 Å². The Bertz CT molecular complexity index is 1000. The number of nitrogens with zero attached hydrogens (tertiary/aromatic N) is 4. The van der Waals surface area contributed by atoms with Gasteiger partial charge in [-0.3, -0.25) is 9.98 Å². The van der Waals surface area contributed by atoms with Gasteiger partial charge in [0.25, 0.3) is 0 Å². The lowest BCUT2D eigenvalue weighted by atomic mass is 10.0. The van der Waals surface area contributed by atoms with Crippen LogP contribution in [0.2, 0.25) is 0 Å². The van der Waals surface area contributed by atoms with Gasteiger partial charge in [-0.05, 0) is 70.4 Å². The molecule has 30 heavy (non-hydrogen) atoms. The molecule has 0 atom stereocenters. The molecule has 1 aromatic heterocycles. The van der Waals surface area contributed by atoms with E-state index in [4.69, 9.17) is 4.98 Å². The molecule has 0 fully saturated rings. The number of hydrogen-bond donors (Lipinski definition) is 1. The molecule has 2 aromatic carbocycles. The Morgan fingerprint density at radius 2 is 1.37 bits per heavy atom. The fourth-order valence-corrected chi connectivity index (χ4v) is 3.53. The molecule has 5 nitrogen and oxygen atoms in total. The van der Waals surface area contributed by atoms with E-state index in [1.807, 2.05) is 40.4 Å². The fourth-order valence-electron chi connectivity index (χ4n) is 3.53. The number of anilines is 1. The quantitative estimate of drug-likeness (QED) is 0.371. The first-order chi connectivity index (χ1) is 14.6. The molecule has 0 aliphatic rings. The number of pyridine rings is 1. The summed E-state index contributed by atoms with van der Waals surface area (Å²) in [5.74, 6) is 1.05. The maximum Gasteiger partial charge on any atom is 0.137 e. The number of fused-ring (bicyclic) bond motifs is 3. The molecule has 0 amide bonds. The normalized spacial score (nSPS) is 11.4. The Morgan fingerprint density at radius 3 is 1.90 bits per heavy atom. The van der Waals surface area contributed by atoms with Crippen LogP contribution in [0.5, 0.6) is 0 Å². The van der Waals surface area contributed by atoms with Crippen molar-refractivity contribution in [2.75, 3.05) is 32.1 Å². The van der Waals surface area contributed by atoms with Gasteiger partial charge < -0.3 is 10.2 Å². The van der Waals surface area contributed by atoms with Gasteiger partial charge in [0.2, 0.25) is 0 Å². The van der Waals surface area contributed by atoms with E-state index in [-0.39, 0.29) is 0 Å². The number of aliphatic imine (C=N–C) groups is 2. The summed E-state index contributed by atoms with van der Waals surface area (Å²) in [4.78, 5) is 16.4. The van der Waals surface area contributed by atoms with Crippen molar-refractivity contribution in [2.24, 2.45) is 9.98 Å². The molecule has 0 saturated carbocycles. The second-order valence-corrected chi connectivity index (χ2v) is 7.13. The average molecular weight is 406 g/mol. The first-order valence-corrected chi connectivity index (χ1v) is 10.8. The van der Waals surface area contributed by atoms with Gasteiger partial charge in [-0.25, -0.2) is 4.98 Å². The van der Waals surface area contributed by atoms with Crippen molar-refractivity contribution in [3.05, 3.63) is 36.4 Å². The van der Waals surface area contributed by atoms with Crippen molar-refractivity contribution < 1.29 is 0 Å². The first kappa shape index (κ1) is 23.5. The molecule has 0 saturated heterocycles. The molecule has 0 aliphatic carbocycles. The maximum atomic E-state index is 5.09. The molecule has 0 spiro atoms. The Kier molecular flexibility index (Phi) is 9.42. The highest BCUT2D eigenvalue weighted by Crippen LogP contribution is 2.35. The van der Waals surface area contributed by atoms with Crippen LogP contribution in [0.3, 0.4) is 0 Å². The van der Waals surface area contributed by atoms with Gasteiger partial charge in [0.05, 0.1) is 16.9 Å². The standard InChI is InChI=1S/C23H28N4.C2H7N/c1-5-13-27(14-6-2)23-21-15-17(24-7-3)9-11-19(21)20-12-10-18(25-8-4)16-22(20)26-23;1-3-2/h7-12,15-16H,5-6,13-14H2,1-4H3;3H,1-2H3. The van der Waals surface area contributed by atoms with Gasteiger partial charge in [0.15, 0.2) is 0 Å². The Morgan fingerprint density at radius 1 is 0.833 bits per heavy atom. The van der Waals surface area contributed by atoms with Gasteiger partial charge in [0, 0.05) is 36.3 Å². The van der Waals surface area contributed by atoms with E-state index in [2.05, 4.69) is 70.4 Å². The van der Waals surface area contributed by atoms with Crippen LogP contribution in [0.25, 0.3) is 21.7 Å². The predicted octanol–water partition coefficient (Wildman–Crippen LogP) is 6.29. The summed E-state index contributed by atoms with van der Waals surface area (Å²) in [6, 6.07) is 12.7. The number of aromatic nitrogens is 1. The maximum absolute atomic E-state index is 5.09. The molecule has 160 valence electrons. The summed E-state index contributed by atoms with van der Waals surface area (Å²) in [6.07, 6.45) is 5.83. The molecule has 0 bridgehead atoms. The molecule has 0 unspecified atom stereocenters. The molecular weight excluding hydrogens is 370 g/mol. The van der Waals surface area contributed by atoms with Gasteiger partial charge in [-0.2, -0.15) is 0 Å². The lowest BCUT2D eigenvalue weighted by Gasteiger charge is -2.25. The van der Waals surface area contributed by atoms with Crippen LogP contribution in [0.4, 0.5) is 17.2 Å². The summed E-state index contributed by atoms with van der Waals surface area (Å²) < 4.78 is 0. The van der Waals surface area contributed by atoms with Crippen molar-refractivity contribution >= 4 is 51.3 Å². The van der Waals surface area contributed by atoms with Gasteiger partial charge in [-0.15, -0.1) is 0 Å². The Balaban J connectivity index is 0.00000101. The highest BCUT2D eigenvalue weighted by atomic mass is 15.2. The Labute approximate surface area is 180 Å². The highest BCUT2D eigenvalue weighted by Gasteiger charge is 2.15. The number of rotatable bonds is 7. The zero-order chi connectivity index (χ0) is 21.9. The summed E-state index contributed by atoms with van der Waals surface area (Å²) in [6.45, 7) is 10.3. The summed E-state index contributed by atoms with van der Waals surface area (Å²) in [5.41, 5.74) is 2.89. The Hall–Kier alpha value is -2.79. The summed E-state index contributed by atoms with van der Waals surface area (Å²) in [7, 11) is 3.75. The van der Waals surface area contributed by atoms with Crippen LogP contribution >= 0.6 is 0 Å². The monoisotopic (exact) mass is 405 g/mol. The average Bonchev–Trinajstić information content (AvgIpc) is 2.74. The number of nitrogens with one attached hydrogen (secondary N) is 1. The van der Waals surface area contributed by atoms with Gasteiger partial charge in [-0.1, -0.05) is 26.0 Å². The molecule has 3 aromatic rings. The molecule has 5 heteroatoms. The zero-order valence-electron chi connectivity index (χ0n) is 19.2. The van der Waals surface area contributed by atoms with Crippen LogP contribution < -0.4 is 10.2 Å². The molecule has 0 radical (unpaired) electrons. The van der Waals surface area contributed by atoms with E-state index in [9.17, 15) is 0 Å². The van der Waals surface area contributed by atoms with E-state index in [0.29, 0.717) is 0 Å². The second-order valence-electron chi connectivity index (χ2n) is 7.13. The third-order valence-corrected chi connectivity index (χ3v) is 4.58. The van der Waals surface area contributed by atoms with Crippen LogP contribution in [-0.4, -0.2) is 44.6 Å². The lowest BCUT2D eigenvalue weighted by Crippen LogP contribution is -2.26. The molecule has 3 rings (SSSR count).